The number of sulfone groups is 1. The lowest BCUT2D eigenvalue weighted by atomic mass is 9.89. The second-order valence-corrected chi connectivity index (χ2v) is 9.65. The number of aliphatic imine (C=N–C) groups is 1. The molecule has 0 aromatic rings. The van der Waals surface area contributed by atoms with E-state index in [0.29, 0.717) is 30.0 Å². The lowest BCUT2D eigenvalue weighted by Gasteiger charge is -2.38. The molecule has 0 spiro atoms. The molecule has 0 aromatic heterocycles. The number of hydrogen-bond donors (Lipinski definition) is 1. The van der Waals surface area contributed by atoms with Gasteiger partial charge in [0.2, 0.25) is 0 Å². The number of piperidine rings is 1. The van der Waals surface area contributed by atoms with E-state index in [4.69, 9.17) is 4.99 Å². The molecule has 0 radical (unpaired) electrons. The quantitative estimate of drug-likeness (QED) is 0.402. The minimum atomic E-state index is -2.81. The Morgan fingerprint density at radius 2 is 1.96 bits per heavy atom. The van der Waals surface area contributed by atoms with Crippen LogP contribution in [0.5, 0.6) is 0 Å². The summed E-state index contributed by atoms with van der Waals surface area (Å²) in [4.78, 5) is 7.10. The van der Waals surface area contributed by atoms with E-state index >= 15 is 0 Å². The molecule has 3 atom stereocenters. The Bertz CT molecular complexity index is 507. The second-order valence-electron chi connectivity index (χ2n) is 7.42. The fourth-order valence-corrected chi connectivity index (χ4v) is 5.03. The van der Waals surface area contributed by atoms with Crippen molar-refractivity contribution < 1.29 is 8.42 Å². The van der Waals surface area contributed by atoms with E-state index in [1.807, 2.05) is 0 Å². The Morgan fingerprint density at radius 1 is 1.26 bits per heavy atom. The van der Waals surface area contributed by atoms with Gasteiger partial charge in [0, 0.05) is 25.7 Å². The molecule has 2 aliphatic heterocycles. The first-order valence-corrected chi connectivity index (χ1v) is 10.4. The van der Waals surface area contributed by atoms with Gasteiger partial charge < -0.3 is 10.2 Å². The highest BCUT2D eigenvalue weighted by Crippen LogP contribution is 2.23. The highest BCUT2D eigenvalue weighted by Gasteiger charge is 2.29. The van der Waals surface area contributed by atoms with E-state index in [9.17, 15) is 8.42 Å². The van der Waals surface area contributed by atoms with Crippen LogP contribution in [-0.4, -0.2) is 56.5 Å². The van der Waals surface area contributed by atoms with Gasteiger partial charge in [0.25, 0.3) is 0 Å². The number of nitrogens with one attached hydrogen (secondary N) is 1. The zero-order chi connectivity index (χ0) is 16.3. The summed E-state index contributed by atoms with van der Waals surface area (Å²) in [7, 11) is -2.81. The van der Waals surface area contributed by atoms with Crippen LogP contribution in [0, 0.1) is 17.8 Å². The molecular weight excluding hydrogens is 425 g/mol. The standard InChI is InChI=1S/C16H31N3O2S.HI/c1-12(2)18-16(19-7-5-13(3)14(4)10-19)17-9-15-6-8-22(20,21)11-15;/h12-15H,5-11H2,1-4H3,(H,17,18);1H. The van der Waals surface area contributed by atoms with Crippen molar-refractivity contribution in [3.63, 3.8) is 0 Å². The fourth-order valence-electron chi connectivity index (χ4n) is 3.18. The van der Waals surface area contributed by atoms with Gasteiger partial charge in [-0.3, -0.25) is 4.99 Å². The summed E-state index contributed by atoms with van der Waals surface area (Å²) in [5.74, 6) is 3.21. The number of hydrogen-bond acceptors (Lipinski definition) is 3. The first-order chi connectivity index (χ1) is 10.3. The summed E-state index contributed by atoms with van der Waals surface area (Å²) in [5.41, 5.74) is 0. The van der Waals surface area contributed by atoms with E-state index in [0.717, 1.165) is 31.4 Å². The average Bonchev–Trinajstić information content (AvgIpc) is 2.77. The van der Waals surface area contributed by atoms with Crippen molar-refractivity contribution in [3.8, 4) is 0 Å². The molecule has 0 amide bonds. The highest BCUT2D eigenvalue weighted by atomic mass is 127. The Kier molecular flexibility index (Phi) is 8.10. The number of nitrogens with zero attached hydrogens (tertiary/aromatic N) is 2. The van der Waals surface area contributed by atoms with E-state index in [-0.39, 0.29) is 29.9 Å². The SMILES string of the molecule is CC(C)NC(=NCC1CCS(=O)(=O)C1)N1CCC(C)C(C)C1.I. The molecule has 7 heteroatoms. The van der Waals surface area contributed by atoms with Crippen molar-refractivity contribution in [2.75, 3.05) is 31.1 Å². The van der Waals surface area contributed by atoms with Crippen LogP contribution in [0.15, 0.2) is 4.99 Å². The van der Waals surface area contributed by atoms with Crippen molar-refractivity contribution in [1.82, 2.24) is 10.2 Å². The summed E-state index contributed by atoms with van der Waals surface area (Å²) in [6.45, 7) is 11.5. The van der Waals surface area contributed by atoms with E-state index < -0.39 is 9.84 Å². The summed E-state index contributed by atoms with van der Waals surface area (Å²) >= 11 is 0. The zero-order valence-electron chi connectivity index (χ0n) is 14.8. The predicted octanol–water partition coefficient (Wildman–Crippen LogP) is 2.37. The maximum atomic E-state index is 11.6. The third kappa shape index (κ3) is 6.40. The molecular formula is C16H32IN3O2S. The van der Waals surface area contributed by atoms with Crippen LogP contribution in [0.1, 0.15) is 40.5 Å². The largest absolute Gasteiger partial charge is 0.354 e. The first-order valence-electron chi connectivity index (χ1n) is 8.53. The molecule has 0 saturated carbocycles. The van der Waals surface area contributed by atoms with Crippen molar-refractivity contribution in [3.05, 3.63) is 0 Å². The van der Waals surface area contributed by atoms with Gasteiger partial charge in [0.15, 0.2) is 15.8 Å². The van der Waals surface area contributed by atoms with Gasteiger partial charge in [0.1, 0.15) is 0 Å². The molecule has 1 N–H and O–H groups in total. The van der Waals surface area contributed by atoms with Crippen LogP contribution in [0.3, 0.4) is 0 Å². The molecule has 0 bridgehead atoms. The fraction of sp³-hybridized carbons (Fsp3) is 0.938. The van der Waals surface area contributed by atoms with Gasteiger partial charge in [-0.15, -0.1) is 24.0 Å². The molecule has 0 aromatic carbocycles. The minimum Gasteiger partial charge on any atom is -0.354 e. The second kappa shape index (κ2) is 8.87. The number of likely N-dealkylation sites (tertiary alicyclic amines) is 1. The first kappa shape index (κ1) is 21.0. The van der Waals surface area contributed by atoms with Crippen molar-refractivity contribution in [2.24, 2.45) is 22.7 Å². The summed E-state index contributed by atoms with van der Waals surface area (Å²) in [5, 5.41) is 3.46. The lowest BCUT2D eigenvalue weighted by molar-refractivity contribution is 0.198. The molecule has 0 aliphatic carbocycles. The molecule has 2 saturated heterocycles. The van der Waals surface area contributed by atoms with Gasteiger partial charge in [-0.05, 0) is 44.4 Å². The van der Waals surface area contributed by atoms with Gasteiger partial charge in [-0.1, -0.05) is 13.8 Å². The topological polar surface area (TPSA) is 61.8 Å². The normalized spacial score (nSPS) is 31.1. The van der Waals surface area contributed by atoms with Crippen molar-refractivity contribution in [1.29, 1.82) is 0 Å². The molecule has 2 heterocycles. The Hall–Kier alpha value is -0.0500. The van der Waals surface area contributed by atoms with Crippen LogP contribution in [-0.2, 0) is 9.84 Å². The third-order valence-corrected chi connectivity index (χ3v) is 6.71. The number of halogens is 1. The molecule has 2 fully saturated rings. The van der Waals surface area contributed by atoms with E-state index in [1.165, 1.54) is 6.42 Å². The van der Waals surface area contributed by atoms with Gasteiger partial charge in [-0.25, -0.2) is 8.42 Å². The van der Waals surface area contributed by atoms with Gasteiger partial charge >= 0.3 is 0 Å². The van der Waals surface area contributed by atoms with Crippen LogP contribution in [0.25, 0.3) is 0 Å². The number of guanidine groups is 1. The molecule has 136 valence electrons. The Balaban J connectivity index is 0.00000264. The van der Waals surface area contributed by atoms with Crippen molar-refractivity contribution in [2.45, 2.75) is 46.6 Å². The maximum absolute atomic E-state index is 11.6. The monoisotopic (exact) mass is 457 g/mol. The summed E-state index contributed by atoms with van der Waals surface area (Å²) in [6.07, 6.45) is 1.95. The molecule has 3 unspecified atom stereocenters. The molecule has 23 heavy (non-hydrogen) atoms. The van der Waals surface area contributed by atoms with Crippen LogP contribution in [0.4, 0.5) is 0 Å². The smallest absolute Gasteiger partial charge is 0.194 e. The number of rotatable bonds is 3. The lowest BCUT2D eigenvalue weighted by Crippen LogP contribution is -2.50. The zero-order valence-corrected chi connectivity index (χ0v) is 17.9. The van der Waals surface area contributed by atoms with E-state index in [2.05, 4.69) is 37.9 Å². The van der Waals surface area contributed by atoms with Crippen LogP contribution in [0.2, 0.25) is 0 Å². The highest BCUT2D eigenvalue weighted by molar-refractivity contribution is 14.0. The Morgan fingerprint density at radius 3 is 2.48 bits per heavy atom. The molecule has 2 rings (SSSR count). The summed E-state index contributed by atoms with van der Waals surface area (Å²) < 4.78 is 23.1. The summed E-state index contributed by atoms with van der Waals surface area (Å²) in [6, 6.07) is 0.334. The average molecular weight is 457 g/mol. The molecule has 2 aliphatic rings. The van der Waals surface area contributed by atoms with Crippen LogP contribution < -0.4 is 5.32 Å². The van der Waals surface area contributed by atoms with Crippen molar-refractivity contribution >= 4 is 39.8 Å². The maximum Gasteiger partial charge on any atom is 0.194 e. The third-order valence-electron chi connectivity index (χ3n) is 4.88. The van der Waals surface area contributed by atoms with Gasteiger partial charge in [-0.2, -0.15) is 0 Å². The van der Waals surface area contributed by atoms with Crippen LogP contribution >= 0.6 is 24.0 Å². The van der Waals surface area contributed by atoms with E-state index in [1.54, 1.807) is 0 Å². The minimum absolute atomic E-state index is 0. The predicted molar refractivity (Wildman–Crippen MR) is 107 cm³/mol. The van der Waals surface area contributed by atoms with Gasteiger partial charge in [0.05, 0.1) is 11.5 Å². The molecule has 5 nitrogen and oxygen atoms in total. The Labute approximate surface area is 158 Å².